The van der Waals surface area contributed by atoms with Crippen LogP contribution < -0.4 is 0 Å². The van der Waals surface area contributed by atoms with Gasteiger partial charge in [0.2, 0.25) is 0 Å². The molecule has 0 atom stereocenters. The predicted molar refractivity (Wildman–Crippen MR) is 167 cm³/mol. The fourth-order valence-corrected chi connectivity index (χ4v) is 5.71. The summed E-state index contributed by atoms with van der Waals surface area (Å²) in [6.07, 6.45) is 22.9. The van der Waals surface area contributed by atoms with E-state index in [0.717, 1.165) is 77.2 Å². The van der Waals surface area contributed by atoms with Gasteiger partial charge in [-0.15, -0.1) is 25.7 Å². The van der Waals surface area contributed by atoms with Gasteiger partial charge in [0.1, 0.15) is 0 Å². The fourth-order valence-electron chi connectivity index (χ4n) is 5.71. The molecule has 2 aromatic heterocycles. The molecule has 0 aliphatic heterocycles. The minimum Gasteiger partial charge on any atom is -0.309 e. The molecule has 5 aromatic carbocycles. The molecule has 0 aliphatic carbocycles. The monoisotopic (exact) mass is 504 g/mol. The molecule has 0 unspecified atom stereocenters. The first-order valence-corrected chi connectivity index (χ1v) is 12.8. The Labute approximate surface area is 232 Å². The molecule has 0 fully saturated rings. The molecule has 2 heterocycles. The Morgan fingerprint density at radius 2 is 0.600 bits per heavy atom. The van der Waals surface area contributed by atoms with Gasteiger partial charge >= 0.3 is 0 Å². The van der Waals surface area contributed by atoms with Crippen LogP contribution in [-0.2, 0) is 0 Å². The summed E-state index contributed by atoms with van der Waals surface area (Å²) in [7, 11) is 0. The Balaban J connectivity index is 1.45. The average molecular weight is 505 g/mol. The van der Waals surface area contributed by atoms with Gasteiger partial charge in [0.05, 0.1) is 22.1 Å². The van der Waals surface area contributed by atoms with Crippen molar-refractivity contribution in [3.05, 3.63) is 119 Å². The normalized spacial score (nSPS) is 10.9. The summed E-state index contributed by atoms with van der Waals surface area (Å²) in [5.74, 6) is 11.0. The van der Waals surface area contributed by atoms with E-state index in [1.807, 2.05) is 24.3 Å². The molecule has 0 saturated heterocycles. The lowest BCUT2D eigenvalue weighted by molar-refractivity contribution is 1.14. The topological polar surface area (TPSA) is 9.86 Å². The van der Waals surface area contributed by atoms with Crippen LogP contribution in [0.3, 0.4) is 0 Å². The van der Waals surface area contributed by atoms with Gasteiger partial charge < -0.3 is 9.13 Å². The van der Waals surface area contributed by atoms with Crippen LogP contribution in [0.25, 0.3) is 55.0 Å². The van der Waals surface area contributed by atoms with Crippen molar-refractivity contribution in [1.29, 1.82) is 0 Å². The zero-order valence-electron chi connectivity index (χ0n) is 21.4. The summed E-state index contributed by atoms with van der Waals surface area (Å²) in [5, 5.41) is 4.29. The zero-order chi connectivity index (χ0) is 27.4. The van der Waals surface area contributed by atoms with Crippen molar-refractivity contribution in [1.82, 2.24) is 9.13 Å². The van der Waals surface area contributed by atoms with Gasteiger partial charge in [0.25, 0.3) is 0 Å². The first-order valence-electron chi connectivity index (χ1n) is 12.8. The van der Waals surface area contributed by atoms with Crippen molar-refractivity contribution in [2.45, 2.75) is 0 Å². The van der Waals surface area contributed by atoms with E-state index >= 15 is 0 Å². The number of aromatic nitrogens is 2. The Hall–Kier alpha value is -6.06. The number of fused-ring (bicyclic) bond motifs is 6. The Bertz CT molecular complexity index is 2030. The van der Waals surface area contributed by atoms with Crippen molar-refractivity contribution in [3.8, 4) is 60.7 Å². The van der Waals surface area contributed by atoms with Crippen LogP contribution in [0.15, 0.2) is 97.1 Å². The van der Waals surface area contributed by atoms with E-state index in [9.17, 15) is 0 Å². The lowest BCUT2D eigenvalue weighted by atomic mass is 10.1. The van der Waals surface area contributed by atoms with Crippen LogP contribution in [0.4, 0.5) is 0 Å². The van der Waals surface area contributed by atoms with E-state index in [2.05, 4.69) is 106 Å². The first-order chi connectivity index (χ1) is 19.6. The Kier molecular flexibility index (Phi) is 5.06. The van der Waals surface area contributed by atoms with Crippen LogP contribution in [0.2, 0.25) is 0 Å². The second-order valence-corrected chi connectivity index (χ2v) is 9.69. The molecule has 0 bridgehead atoms. The van der Waals surface area contributed by atoms with Gasteiger partial charge in [-0.2, -0.15) is 0 Å². The van der Waals surface area contributed by atoms with Gasteiger partial charge in [0, 0.05) is 55.2 Å². The van der Waals surface area contributed by atoms with E-state index in [1.165, 1.54) is 0 Å². The summed E-state index contributed by atoms with van der Waals surface area (Å²) in [4.78, 5) is 0. The van der Waals surface area contributed by atoms with E-state index in [1.54, 1.807) is 0 Å². The minimum absolute atomic E-state index is 0.834. The number of nitrogens with zero attached hydrogens (tertiary/aromatic N) is 2. The van der Waals surface area contributed by atoms with Crippen molar-refractivity contribution in [2.75, 3.05) is 0 Å². The highest BCUT2D eigenvalue weighted by Crippen LogP contribution is 2.36. The highest BCUT2D eigenvalue weighted by Gasteiger charge is 2.16. The Morgan fingerprint density at radius 1 is 0.350 bits per heavy atom. The van der Waals surface area contributed by atoms with Gasteiger partial charge in [-0.05, 0) is 97.1 Å². The quantitative estimate of drug-likeness (QED) is 0.213. The largest absolute Gasteiger partial charge is 0.309 e. The number of terminal acetylenes is 4. The lowest BCUT2D eigenvalue weighted by Gasteiger charge is -2.12. The number of hydrogen-bond donors (Lipinski definition) is 0. The average Bonchev–Trinajstić information content (AvgIpc) is 3.51. The molecule has 2 nitrogen and oxygen atoms in total. The maximum atomic E-state index is 5.72. The van der Waals surface area contributed by atoms with Crippen molar-refractivity contribution >= 4 is 43.6 Å². The third kappa shape index (κ3) is 3.32. The fraction of sp³-hybridized carbons (Fsp3) is 0. The molecule has 0 saturated carbocycles. The van der Waals surface area contributed by atoms with Gasteiger partial charge in [-0.3, -0.25) is 0 Å². The third-order valence-electron chi connectivity index (χ3n) is 7.56. The van der Waals surface area contributed by atoms with Gasteiger partial charge in [0.15, 0.2) is 0 Å². The lowest BCUT2D eigenvalue weighted by Crippen LogP contribution is -1.97. The van der Waals surface area contributed by atoms with Crippen LogP contribution in [0, 0.1) is 49.4 Å². The molecule has 7 rings (SSSR count). The van der Waals surface area contributed by atoms with Crippen molar-refractivity contribution in [2.24, 2.45) is 0 Å². The van der Waals surface area contributed by atoms with Crippen molar-refractivity contribution < 1.29 is 0 Å². The van der Waals surface area contributed by atoms with Crippen molar-refractivity contribution in [3.63, 3.8) is 0 Å². The molecule has 7 aromatic rings. The maximum absolute atomic E-state index is 5.72. The number of benzene rings is 5. The molecular weight excluding hydrogens is 484 g/mol. The highest BCUT2D eigenvalue weighted by atomic mass is 15.0. The van der Waals surface area contributed by atoms with Crippen LogP contribution >= 0.6 is 0 Å². The van der Waals surface area contributed by atoms with E-state index < -0.39 is 0 Å². The minimum atomic E-state index is 0.834. The van der Waals surface area contributed by atoms with Gasteiger partial charge in [-0.25, -0.2) is 0 Å². The van der Waals surface area contributed by atoms with E-state index in [-0.39, 0.29) is 0 Å². The van der Waals surface area contributed by atoms with Crippen LogP contribution in [0.5, 0.6) is 0 Å². The SMILES string of the molecule is C#Cc1ccc2c(c1)c1cc(C#C)ccc1n2-c1ccc(-n2c3ccc(C#C)cc3c3cc(C#C)ccc32)cc1. The molecule has 0 radical (unpaired) electrons. The number of rotatable bonds is 2. The summed E-state index contributed by atoms with van der Waals surface area (Å²) in [5.41, 5.74) is 9.67. The smallest absolute Gasteiger partial charge is 0.0541 e. The summed E-state index contributed by atoms with van der Waals surface area (Å²) >= 11 is 0. The molecule has 2 heteroatoms. The maximum Gasteiger partial charge on any atom is 0.0541 e. The highest BCUT2D eigenvalue weighted by molar-refractivity contribution is 6.11. The van der Waals surface area contributed by atoms with E-state index in [0.29, 0.717) is 0 Å². The second kappa shape index (κ2) is 8.76. The van der Waals surface area contributed by atoms with Crippen LogP contribution in [0.1, 0.15) is 22.3 Å². The standard InChI is InChI=1S/C38H20N2/c1-5-25-9-17-35-31(21-25)32-22-26(6-2)10-18-36(32)39(35)29-13-15-30(16-14-29)40-37-19-11-27(7-3)23-33(37)34-24-28(8-4)12-20-38(34)40/h1-4,9-24H. The predicted octanol–water partition coefficient (Wildman–Crippen LogP) is 7.81. The third-order valence-corrected chi connectivity index (χ3v) is 7.56. The number of hydrogen-bond acceptors (Lipinski definition) is 0. The molecule has 0 N–H and O–H groups in total. The molecule has 0 aliphatic rings. The molecule has 182 valence electrons. The summed E-state index contributed by atoms with van der Waals surface area (Å²) < 4.78 is 4.50. The second-order valence-electron chi connectivity index (χ2n) is 9.69. The Morgan fingerprint density at radius 3 is 0.825 bits per heavy atom. The zero-order valence-corrected chi connectivity index (χ0v) is 21.4. The molecule has 0 spiro atoms. The molecule has 40 heavy (non-hydrogen) atoms. The van der Waals surface area contributed by atoms with E-state index in [4.69, 9.17) is 25.7 Å². The molecule has 0 amide bonds. The summed E-state index contributed by atoms with van der Waals surface area (Å²) in [6, 6.07) is 33.0. The van der Waals surface area contributed by atoms with Crippen LogP contribution in [-0.4, -0.2) is 9.13 Å². The summed E-state index contributed by atoms with van der Waals surface area (Å²) in [6.45, 7) is 0. The van der Waals surface area contributed by atoms with Gasteiger partial charge in [-0.1, -0.05) is 23.7 Å². The first kappa shape index (κ1) is 23.1. The molecular formula is C38H20N2.